The Morgan fingerprint density at radius 3 is 2.83 bits per heavy atom. The van der Waals surface area contributed by atoms with Crippen molar-refractivity contribution in [2.45, 2.75) is 19.9 Å². The van der Waals surface area contributed by atoms with Crippen LogP contribution in [-0.4, -0.2) is 16.3 Å². The van der Waals surface area contributed by atoms with Crippen LogP contribution in [0.25, 0.3) is 0 Å². The topological polar surface area (TPSA) is 29.9 Å². The molecule has 0 unspecified atom stereocenters. The van der Waals surface area contributed by atoms with Crippen molar-refractivity contribution in [1.82, 2.24) is 15.1 Å². The molecule has 0 saturated carbocycles. The molecule has 1 N–H and O–H groups in total. The van der Waals surface area contributed by atoms with Crippen molar-refractivity contribution in [1.29, 1.82) is 0 Å². The summed E-state index contributed by atoms with van der Waals surface area (Å²) in [6.07, 6.45) is 2.84. The van der Waals surface area contributed by atoms with Crippen molar-refractivity contribution >= 4 is 15.9 Å². The van der Waals surface area contributed by atoms with Crippen molar-refractivity contribution in [3.05, 3.63) is 51.8 Å². The van der Waals surface area contributed by atoms with Crippen LogP contribution in [0.5, 0.6) is 0 Å². The predicted octanol–water partition coefficient (Wildman–Crippen LogP) is 2.82. The highest BCUT2D eigenvalue weighted by Gasteiger charge is 2.01. The highest BCUT2D eigenvalue weighted by atomic mass is 79.9. The minimum absolute atomic E-state index is 0.888. The molecule has 0 spiro atoms. The summed E-state index contributed by atoms with van der Waals surface area (Å²) in [6, 6.07) is 8.51. The van der Waals surface area contributed by atoms with Gasteiger partial charge in [-0.15, -0.1) is 0 Å². The Balaban J connectivity index is 1.80. The van der Waals surface area contributed by atoms with E-state index in [2.05, 4.69) is 57.5 Å². The standard InChI is InChI=1S/C14H18BrN3/c1-11-3-4-12(14(15)9-11)10-16-7-5-13-6-8-17-18(13)2/h3-4,6,8-9,16H,5,7,10H2,1-2H3. The Morgan fingerprint density at radius 2 is 2.17 bits per heavy atom. The lowest BCUT2D eigenvalue weighted by atomic mass is 10.1. The number of nitrogens with zero attached hydrogens (tertiary/aromatic N) is 2. The molecule has 1 aromatic heterocycles. The second kappa shape index (κ2) is 6.16. The molecule has 96 valence electrons. The zero-order valence-corrected chi connectivity index (χ0v) is 12.4. The number of hydrogen-bond donors (Lipinski definition) is 1. The highest BCUT2D eigenvalue weighted by Crippen LogP contribution is 2.17. The zero-order valence-electron chi connectivity index (χ0n) is 10.8. The largest absolute Gasteiger partial charge is 0.312 e. The molecule has 1 heterocycles. The van der Waals surface area contributed by atoms with Gasteiger partial charge in [-0.2, -0.15) is 5.10 Å². The fourth-order valence-electron chi connectivity index (χ4n) is 1.88. The quantitative estimate of drug-likeness (QED) is 0.861. The summed E-state index contributed by atoms with van der Waals surface area (Å²) in [4.78, 5) is 0. The van der Waals surface area contributed by atoms with Gasteiger partial charge in [0.2, 0.25) is 0 Å². The lowest BCUT2D eigenvalue weighted by Crippen LogP contribution is -2.18. The average Bonchev–Trinajstić information content (AvgIpc) is 2.73. The summed E-state index contributed by atoms with van der Waals surface area (Å²) >= 11 is 3.60. The fraction of sp³-hybridized carbons (Fsp3) is 0.357. The van der Waals surface area contributed by atoms with Gasteiger partial charge in [0.15, 0.2) is 0 Å². The second-order valence-corrected chi connectivity index (χ2v) is 5.32. The molecule has 3 nitrogen and oxygen atoms in total. The van der Waals surface area contributed by atoms with E-state index in [0.717, 1.165) is 19.5 Å². The number of aryl methyl sites for hydroxylation is 2. The first-order chi connectivity index (χ1) is 8.66. The molecule has 2 aromatic rings. The first-order valence-electron chi connectivity index (χ1n) is 6.09. The molecule has 18 heavy (non-hydrogen) atoms. The van der Waals surface area contributed by atoms with E-state index in [1.165, 1.54) is 21.3 Å². The third-order valence-electron chi connectivity index (χ3n) is 3.00. The summed E-state index contributed by atoms with van der Waals surface area (Å²) in [7, 11) is 1.98. The number of halogens is 1. The maximum Gasteiger partial charge on any atom is 0.0492 e. The van der Waals surface area contributed by atoms with Crippen molar-refractivity contribution in [2.75, 3.05) is 6.54 Å². The van der Waals surface area contributed by atoms with E-state index in [1.807, 2.05) is 17.9 Å². The van der Waals surface area contributed by atoms with Gasteiger partial charge >= 0.3 is 0 Å². The monoisotopic (exact) mass is 307 g/mol. The second-order valence-electron chi connectivity index (χ2n) is 4.47. The molecule has 1 aromatic carbocycles. The van der Waals surface area contributed by atoms with E-state index >= 15 is 0 Å². The summed E-state index contributed by atoms with van der Waals surface area (Å²) in [5.74, 6) is 0. The average molecular weight is 308 g/mol. The van der Waals surface area contributed by atoms with Crippen LogP contribution in [0.15, 0.2) is 34.9 Å². The molecule has 0 bridgehead atoms. The third kappa shape index (κ3) is 3.43. The number of rotatable bonds is 5. The van der Waals surface area contributed by atoms with Gasteiger partial charge in [-0.25, -0.2) is 0 Å². The minimum atomic E-state index is 0.888. The Morgan fingerprint density at radius 1 is 1.33 bits per heavy atom. The number of hydrogen-bond acceptors (Lipinski definition) is 2. The van der Waals surface area contributed by atoms with Crippen LogP contribution >= 0.6 is 15.9 Å². The molecule has 2 rings (SSSR count). The van der Waals surface area contributed by atoms with Crippen LogP contribution in [0.4, 0.5) is 0 Å². The van der Waals surface area contributed by atoms with Gasteiger partial charge in [0.05, 0.1) is 0 Å². The molecular weight excluding hydrogens is 290 g/mol. The van der Waals surface area contributed by atoms with Gasteiger partial charge in [-0.05, 0) is 30.2 Å². The van der Waals surface area contributed by atoms with Gasteiger partial charge in [0, 0.05) is 42.9 Å². The van der Waals surface area contributed by atoms with E-state index in [0.29, 0.717) is 0 Å². The van der Waals surface area contributed by atoms with Crippen molar-refractivity contribution in [2.24, 2.45) is 7.05 Å². The summed E-state index contributed by atoms with van der Waals surface area (Å²) in [5, 5.41) is 7.62. The normalized spacial score (nSPS) is 10.8. The number of aromatic nitrogens is 2. The molecule has 0 aliphatic carbocycles. The van der Waals surface area contributed by atoms with Gasteiger partial charge in [0.25, 0.3) is 0 Å². The molecule has 0 amide bonds. The number of benzene rings is 1. The highest BCUT2D eigenvalue weighted by molar-refractivity contribution is 9.10. The zero-order chi connectivity index (χ0) is 13.0. The van der Waals surface area contributed by atoms with Crippen LogP contribution in [0.2, 0.25) is 0 Å². The molecule has 0 atom stereocenters. The molecule has 0 aliphatic rings. The predicted molar refractivity (Wildman–Crippen MR) is 77.5 cm³/mol. The molecule has 0 fully saturated rings. The fourth-order valence-corrected chi connectivity index (χ4v) is 2.52. The van der Waals surface area contributed by atoms with Crippen molar-refractivity contribution < 1.29 is 0 Å². The first-order valence-corrected chi connectivity index (χ1v) is 6.89. The smallest absolute Gasteiger partial charge is 0.0492 e. The van der Waals surface area contributed by atoms with Gasteiger partial charge < -0.3 is 5.32 Å². The summed E-state index contributed by atoms with van der Waals surface area (Å²) in [5.41, 5.74) is 3.83. The Kier molecular flexibility index (Phi) is 4.55. The lowest BCUT2D eigenvalue weighted by molar-refractivity contribution is 0.642. The molecular formula is C14H18BrN3. The Hall–Kier alpha value is -1.13. The minimum Gasteiger partial charge on any atom is -0.312 e. The van der Waals surface area contributed by atoms with E-state index < -0.39 is 0 Å². The van der Waals surface area contributed by atoms with Gasteiger partial charge in [-0.3, -0.25) is 4.68 Å². The van der Waals surface area contributed by atoms with Gasteiger partial charge in [0.1, 0.15) is 0 Å². The van der Waals surface area contributed by atoms with Crippen molar-refractivity contribution in [3.8, 4) is 0 Å². The van der Waals surface area contributed by atoms with Crippen LogP contribution < -0.4 is 5.32 Å². The van der Waals surface area contributed by atoms with E-state index in [-0.39, 0.29) is 0 Å². The van der Waals surface area contributed by atoms with E-state index in [4.69, 9.17) is 0 Å². The van der Waals surface area contributed by atoms with E-state index in [9.17, 15) is 0 Å². The molecule has 0 saturated heterocycles. The summed E-state index contributed by atoms with van der Waals surface area (Å²) < 4.78 is 3.10. The van der Waals surface area contributed by atoms with Crippen LogP contribution in [0, 0.1) is 6.92 Å². The Labute approximate surface area is 116 Å². The maximum atomic E-state index is 4.16. The van der Waals surface area contributed by atoms with Crippen LogP contribution in [0.3, 0.4) is 0 Å². The maximum absolute atomic E-state index is 4.16. The first kappa shape index (κ1) is 13.3. The van der Waals surface area contributed by atoms with Crippen molar-refractivity contribution in [3.63, 3.8) is 0 Å². The third-order valence-corrected chi connectivity index (χ3v) is 3.74. The summed E-state index contributed by atoms with van der Waals surface area (Å²) in [6.45, 7) is 3.95. The Bertz CT molecular complexity index is 520. The van der Waals surface area contributed by atoms with Gasteiger partial charge in [-0.1, -0.05) is 28.1 Å². The van der Waals surface area contributed by atoms with E-state index in [1.54, 1.807) is 0 Å². The SMILES string of the molecule is Cc1ccc(CNCCc2ccnn2C)c(Br)c1. The molecule has 0 aliphatic heterocycles. The van der Waals surface area contributed by atoms with Crippen LogP contribution in [-0.2, 0) is 20.0 Å². The molecule has 0 radical (unpaired) electrons. The van der Waals surface area contributed by atoms with Crippen LogP contribution in [0.1, 0.15) is 16.8 Å². The number of nitrogens with one attached hydrogen (secondary N) is 1. The molecule has 4 heteroatoms. The lowest BCUT2D eigenvalue weighted by Gasteiger charge is -2.08.